The molecule has 2 aliphatic rings. The molecule has 1 aliphatic carbocycles. The lowest BCUT2D eigenvalue weighted by molar-refractivity contribution is 0.107. The fourth-order valence-corrected chi connectivity index (χ4v) is 5.86. The average Bonchev–Trinajstić information content (AvgIpc) is 3.23. The van der Waals surface area contributed by atoms with Gasteiger partial charge in [0.15, 0.2) is 0 Å². The molecule has 7 nitrogen and oxygen atoms in total. The monoisotopic (exact) mass is 495 g/mol. The standard InChI is InChI=1S/C28H26ClN7/c29-21-14-18(15-24-20(21)5-6-23(33-24)22-4-1-2-7-31-22)25-26-27(30)32-8-11-36(26)28(34-25)19-12-17(13-19)16-35-9-3-10-35/h1-2,4-8,11,14-15,17,19H,3,9-10,12-13,16H2,(H2,30,32). The summed E-state index contributed by atoms with van der Waals surface area (Å²) in [6.45, 7) is 3.71. The molecular formula is C28H26ClN7. The molecule has 0 atom stereocenters. The third kappa shape index (κ3) is 3.62. The maximum Gasteiger partial charge on any atom is 0.150 e. The van der Waals surface area contributed by atoms with Gasteiger partial charge in [0, 0.05) is 42.0 Å². The van der Waals surface area contributed by atoms with Crippen molar-refractivity contribution in [2.24, 2.45) is 5.92 Å². The molecule has 0 unspecified atom stereocenters. The molecule has 36 heavy (non-hydrogen) atoms. The number of nitrogens with zero attached hydrogens (tertiary/aromatic N) is 6. The van der Waals surface area contributed by atoms with Gasteiger partial charge in [-0.25, -0.2) is 15.0 Å². The second kappa shape index (κ2) is 8.54. The highest BCUT2D eigenvalue weighted by atomic mass is 35.5. The first-order valence-electron chi connectivity index (χ1n) is 12.5. The van der Waals surface area contributed by atoms with Crippen molar-refractivity contribution in [3.05, 3.63) is 71.9 Å². The summed E-state index contributed by atoms with van der Waals surface area (Å²) in [5.41, 5.74) is 11.3. The first-order chi connectivity index (χ1) is 17.6. The first kappa shape index (κ1) is 21.7. The average molecular weight is 496 g/mol. The van der Waals surface area contributed by atoms with Crippen LogP contribution in [-0.4, -0.2) is 48.9 Å². The lowest BCUT2D eigenvalue weighted by Gasteiger charge is -2.41. The van der Waals surface area contributed by atoms with E-state index in [-0.39, 0.29) is 0 Å². The number of hydrogen-bond donors (Lipinski definition) is 1. The van der Waals surface area contributed by atoms with Crippen LogP contribution in [0.15, 0.2) is 61.1 Å². The predicted octanol–water partition coefficient (Wildman–Crippen LogP) is 5.44. The number of fused-ring (bicyclic) bond motifs is 2. The smallest absolute Gasteiger partial charge is 0.150 e. The van der Waals surface area contributed by atoms with Crippen molar-refractivity contribution in [1.82, 2.24) is 29.2 Å². The van der Waals surface area contributed by atoms with Crippen LogP contribution in [0.25, 0.3) is 39.1 Å². The highest BCUT2D eigenvalue weighted by Crippen LogP contribution is 2.44. The molecule has 180 valence electrons. The maximum absolute atomic E-state index is 6.75. The zero-order valence-electron chi connectivity index (χ0n) is 19.8. The molecule has 1 saturated carbocycles. The van der Waals surface area contributed by atoms with Gasteiger partial charge in [-0.1, -0.05) is 17.7 Å². The van der Waals surface area contributed by atoms with Gasteiger partial charge in [0.05, 0.1) is 21.9 Å². The number of hydrogen-bond acceptors (Lipinski definition) is 6. The molecule has 7 rings (SSSR count). The fraction of sp³-hybridized carbons (Fsp3) is 0.286. The number of halogens is 1. The Morgan fingerprint density at radius 2 is 1.86 bits per heavy atom. The quantitative estimate of drug-likeness (QED) is 0.349. The maximum atomic E-state index is 6.75. The molecule has 2 N–H and O–H groups in total. The Bertz CT molecular complexity index is 1590. The predicted molar refractivity (Wildman–Crippen MR) is 143 cm³/mol. The Hall–Kier alpha value is -3.55. The third-order valence-corrected chi connectivity index (χ3v) is 7.95. The minimum atomic E-state index is 0.420. The van der Waals surface area contributed by atoms with Crippen molar-refractivity contribution in [2.75, 3.05) is 25.4 Å². The van der Waals surface area contributed by atoms with E-state index in [1.807, 2.05) is 48.7 Å². The summed E-state index contributed by atoms with van der Waals surface area (Å²) in [5.74, 6) is 2.69. The Kier molecular flexibility index (Phi) is 5.15. The lowest BCUT2D eigenvalue weighted by Crippen LogP contribution is -2.43. The van der Waals surface area contributed by atoms with Crippen molar-refractivity contribution in [3.63, 3.8) is 0 Å². The Morgan fingerprint density at radius 3 is 2.64 bits per heavy atom. The number of nitrogens with two attached hydrogens (primary N) is 1. The molecule has 8 heteroatoms. The molecule has 0 amide bonds. The molecule has 0 radical (unpaired) electrons. The van der Waals surface area contributed by atoms with Crippen LogP contribution in [0.2, 0.25) is 5.02 Å². The van der Waals surface area contributed by atoms with E-state index in [9.17, 15) is 0 Å². The largest absolute Gasteiger partial charge is 0.382 e. The van der Waals surface area contributed by atoms with Crippen LogP contribution in [0.3, 0.4) is 0 Å². The summed E-state index contributed by atoms with van der Waals surface area (Å²) in [6, 6.07) is 13.8. The SMILES string of the molecule is Nc1nccn2c(C3CC(CN4CCC4)C3)nc(-c3cc(Cl)c4ccc(-c5ccccn5)nc4c3)c12. The number of aromatic nitrogens is 5. The number of rotatable bonds is 5. The van der Waals surface area contributed by atoms with Gasteiger partial charge >= 0.3 is 0 Å². The Morgan fingerprint density at radius 1 is 0.972 bits per heavy atom. The Labute approximate surface area is 214 Å². The zero-order valence-corrected chi connectivity index (χ0v) is 20.6. The van der Waals surface area contributed by atoms with Crippen LogP contribution in [0, 0.1) is 5.92 Å². The van der Waals surface area contributed by atoms with Crippen LogP contribution in [-0.2, 0) is 0 Å². The summed E-state index contributed by atoms with van der Waals surface area (Å²) in [6.07, 6.45) is 9.15. The number of benzene rings is 1. The third-order valence-electron chi connectivity index (χ3n) is 7.63. The highest BCUT2D eigenvalue weighted by molar-refractivity contribution is 6.35. The summed E-state index contributed by atoms with van der Waals surface area (Å²) >= 11 is 6.75. The molecule has 1 saturated heterocycles. The normalized spacial score (nSPS) is 19.9. The van der Waals surface area contributed by atoms with Crippen LogP contribution in [0.1, 0.15) is 31.0 Å². The molecule has 4 aromatic heterocycles. The summed E-state index contributed by atoms with van der Waals surface area (Å²) in [7, 11) is 0. The molecule has 2 fully saturated rings. The van der Waals surface area contributed by atoms with E-state index < -0.39 is 0 Å². The van der Waals surface area contributed by atoms with Crippen molar-refractivity contribution in [1.29, 1.82) is 0 Å². The number of anilines is 1. The van der Waals surface area contributed by atoms with E-state index in [0.29, 0.717) is 16.8 Å². The number of nitrogen functional groups attached to an aromatic ring is 1. The van der Waals surface area contributed by atoms with Crippen molar-refractivity contribution in [2.45, 2.75) is 25.2 Å². The topological polar surface area (TPSA) is 85.2 Å². The molecule has 5 aromatic rings. The van der Waals surface area contributed by atoms with Crippen molar-refractivity contribution >= 4 is 33.8 Å². The van der Waals surface area contributed by atoms with Gasteiger partial charge in [0.2, 0.25) is 0 Å². The van der Waals surface area contributed by atoms with E-state index in [2.05, 4.69) is 19.3 Å². The summed E-state index contributed by atoms with van der Waals surface area (Å²) < 4.78 is 2.12. The van der Waals surface area contributed by atoms with Crippen LogP contribution in [0.5, 0.6) is 0 Å². The van der Waals surface area contributed by atoms with Gasteiger partial charge in [0.25, 0.3) is 0 Å². The van der Waals surface area contributed by atoms with E-state index >= 15 is 0 Å². The summed E-state index contributed by atoms with van der Waals surface area (Å²) in [5, 5.41) is 1.52. The number of likely N-dealkylation sites (tertiary alicyclic amines) is 1. The van der Waals surface area contributed by atoms with E-state index in [0.717, 1.165) is 63.6 Å². The van der Waals surface area contributed by atoms with Crippen molar-refractivity contribution in [3.8, 4) is 22.6 Å². The molecule has 1 aromatic carbocycles. The van der Waals surface area contributed by atoms with Gasteiger partial charge < -0.3 is 10.6 Å². The van der Waals surface area contributed by atoms with Gasteiger partial charge in [-0.05, 0) is 74.7 Å². The Balaban J connectivity index is 1.30. The zero-order chi connectivity index (χ0) is 24.2. The molecular weight excluding hydrogens is 470 g/mol. The lowest BCUT2D eigenvalue weighted by atomic mass is 9.74. The number of pyridine rings is 2. The van der Waals surface area contributed by atoms with Gasteiger partial charge in [-0.15, -0.1) is 0 Å². The van der Waals surface area contributed by atoms with Gasteiger partial charge in [0.1, 0.15) is 22.9 Å². The molecule has 0 bridgehead atoms. The van der Waals surface area contributed by atoms with Crippen LogP contribution in [0.4, 0.5) is 5.82 Å². The second-order valence-corrected chi connectivity index (χ2v) is 10.4. The second-order valence-electron chi connectivity index (χ2n) is 9.97. The summed E-state index contributed by atoms with van der Waals surface area (Å²) in [4.78, 5) is 21.4. The van der Waals surface area contributed by atoms with Gasteiger partial charge in [-0.2, -0.15) is 0 Å². The first-order valence-corrected chi connectivity index (χ1v) is 12.9. The molecule has 0 spiro atoms. The minimum Gasteiger partial charge on any atom is -0.382 e. The van der Waals surface area contributed by atoms with E-state index in [1.54, 1.807) is 12.4 Å². The van der Waals surface area contributed by atoms with Gasteiger partial charge in [-0.3, -0.25) is 9.38 Å². The highest BCUT2D eigenvalue weighted by Gasteiger charge is 2.36. The fourth-order valence-electron chi connectivity index (χ4n) is 5.59. The molecule has 5 heterocycles. The van der Waals surface area contributed by atoms with Crippen LogP contribution < -0.4 is 5.73 Å². The van der Waals surface area contributed by atoms with E-state index in [4.69, 9.17) is 27.3 Å². The number of imidazole rings is 1. The molecule has 1 aliphatic heterocycles. The van der Waals surface area contributed by atoms with Crippen molar-refractivity contribution < 1.29 is 0 Å². The van der Waals surface area contributed by atoms with Crippen LogP contribution >= 0.6 is 11.6 Å². The minimum absolute atomic E-state index is 0.420. The van der Waals surface area contributed by atoms with E-state index in [1.165, 1.54) is 26.1 Å².